The molecule has 0 amide bonds. The molecule has 84 valence electrons. The first-order chi connectivity index (χ1) is 7.83. The molecule has 3 N–H and O–H groups in total. The zero-order chi connectivity index (χ0) is 11.0. The first-order valence-corrected chi connectivity index (χ1v) is 6.21. The van der Waals surface area contributed by atoms with Crippen LogP contribution in [-0.4, -0.2) is 39.5 Å². The van der Waals surface area contributed by atoms with E-state index in [4.69, 9.17) is 0 Å². The molecule has 0 radical (unpaired) electrons. The summed E-state index contributed by atoms with van der Waals surface area (Å²) in [5.74, 6) is 0. The lowest BCUT2D eigenvalue weighted by Crippen LogP contribution is -2.20. The molecule has 0 aliphatic carbocycles. The highest BCUT2D eigenvalue weighted by Gasteiger charge is 2.26. The van der Waals surface area contributed by atoms with Crippen LogP contribution in [0.5, 0.6) is 0 Å². The molecule has 2 aromatic rings. The van der Waals surface area contributed by atoms with Crippen LogP contribution in [-0.2, 0) is 0 Å². The van der Waals surface area contributed by atoms with Gasteiger partial charge in [-0.3, -0.25) is 0 Å². The van der Waals surface area contributed by atoms with Gasteiger partial charge >= 0.3 is 0 Å². The molecule has 1 aliphatic heterocycles. The van der Waals surface area contributed by atoms with Crippen molar-refractivity contribution in [2.45, 2.75) is 16.5 Å². The van der Waals surface area contributed by atoms with Crippen molar-refractivity contribution in [1.82, 2.24) is 15.3 Å². The minimum atomic E-state index is -0.279. The number of hydrogen-bond acceptors (Lipinski definition) is 4. The Morgan fingerprint density at radius 2 is 2.19 bits per heavy atom. The summed E-state index contributed by atoms with van der Waals surface area (Å²) in [7, 11) is 0. The van der Waals surface area contributed by atoms with E-state index < -0.39 is 0 Å². The third-order valence-corrected chi connectivity index (χ3v) is 3.96. The Morgan fingerprint density at radius 1 is 1.31 bits per heavy atom. The molecular weight excluding hydrogens is 222 g/mol. The van der Waals surface area contributed by atoms with Gasteiger partial charge in [-0.2, -0.15) is 0 Å². The zero-order valence-corrected chi connectivity index (χ0v) is 9.50. The maximum Gasteiger partial charge on any atom is 0.166 e. The van der Waals surface area contributed by atoms with E-state index in [-0.39, 0.29) is 11.4 Å². The summed E-state index contributed by atoms with van der Waals surface area (Å²) in [5.41, 5.74) is 2.02. The summed E-state index contributed by atoms with van der Waals surface area (Å²) in [5, 5.41) is 13.9. The molecule has 0 bridgehead atoms. The lowest BCUT2D eigenvalue weighted by molar-refractivity contribution is 0.201. The second-order valence-corrected chi connectivity index (χ2v) is 5.17. The summed E-state index contributed by atoms with van der Waals surface area (Å²) < 4.78 is 0. The summed E-state index contributed by atoms with van der Waals surface area (Å²) >= 11 is 1.61. The maximum absolute atomic E-state index is 9.70. The highest BCUT2D eigenvalue weighted by Crippen LogP contribution is 2.26. The fraction of sp³-hybridized carbons (Fsp3) is 0.364. The first-order valence-electron chi connectivity index (χ1n) is 5.33. The van der Waals surface area contributed by atoms with Crippen LogP contribution >= 0.6 is 11.8 Å². The number of fused-ring (bicyclic) bond motifs is 1. The van der Waals surface area contributed by atoms with Crippen molar-refractivity contribution in [2.75, 3.05) is 13.1 Å². The molecule has 4 nitrogen and oxygen atoms in total. The normalized spacial score (nSPS) is 25.3. The van der Waals surface area contributed by atoms with Crippen LogP contribution in [0.25, 0.3) is 11.0 Å². The van der Waals surface area contributed by atoms with Crippen LogP contribution < -0.4 is 5.32 Å². The molecule has 5 heteroatoms. The van der Waals surface area contributed by atoms with Gasteiger partial charge in [0, 0.05) is 13.1 Å². The Labute approximate surface area is 97.5 Å². The average molecular weight is 235 g/mol. The Hall–Kier alpha value is -1.04. The van der Waals surface area contributed by atoms with Gasteiger partial charge in [0.25, 0.3) is 0 Å². The predicted octanol–water partition coefficient (Wildman–Crippen LogP) is 0.988. The summed E-state index contributed by atoms with van der Waals surface area (Å²) in [6, 6.07) is 7.96. The third-order valence-electron chi connectivity index (χ3n) is 2.76. The fourth-order valence-electron chi connectivity index (χ4n) is 1.89. The number of β-amino-alcohol motifs (C(OH)–C–C–N with tert-alkyl or cyclic N) is 1. The van der Waals surface area contributed by atoms with E-state index in [1.165, 1.54) is 0 Å². The number of nitrogens with zero attached hydrogens (tertiary/aromatic N) is 1. The number of rotatable bonds is 2. The van der Waals surface area contributed by atoms with Crippen LogP contribution in [0.3, 0.4) is 0 Å². The Bertz CT molecular complexity index is 466. The monoisotopic (exact) mass is 235 g/mol. The lowest BCUT2D eigenvalue weighted by Gasteiger charge is -2.09. The average Bonchev–Trinajstić information content (AvgIpc) is 2.85. The number of imidazole rings is 1. The molecule has 0 saturated carbocycles. The summed E-state index contributed by atoms with van der Waals surface area (Å²) in [6.45, 7) is 1.51. The number of aliphatic hydroxyl groups excluding tert-OH is 1. The molecule has 1 aromatic heterocycles. The number of H-pyrrole nitrogens is 1. The minimum Gasteiger partial charge on any atom is -0.391 e. The van der Waals surface area contributed by atoms with Gasteiger partial charge in [0.05, 0.1) is 22.4 Å². The molecule has 1 fully saturated rings. The van der Waals surface area contributed by atoms with Crippen molar-refractivity contribution in [3.63, 3.8) is 0 Å². The molecular formula is C11H13N3OS. The molecule has 0 spiro atoms. The largest absolute Gasteiger partial charge is 0.391 e. The molecule has 16 heavy (non-hydrogen) atoms. The SMILES string of the molecule is O[C@@H]1CNC[C@H]1Sc1nc2ccccc2[nH]1. The van der Waals surface area contributed by atoms with E-state index in [0.29, 0.717) is 6.54 Å². The molecule has 3 rings (SSSR count). The number of thioether (sulfide) groups is 1. The molecule has 2 atom stereocenters. The van der Waals surface area contributed by atoms with Crippen molar-refractivity contribution in [3.8, 4) is 0 Å². The topological polar surface area (TPSA) is 60.9 Å². The van der Waals surface area contributed by atoms with E-state index in [0.717, 1.165) is 22.7 Å². The highest BCUT2D eigenvalue weighted by molar-refractivity contribution is 7.99. The number of benzene rings is 1. The van der Waals surface area contributed by atoms with Crippen molar-refractivity contribution in [3.05, 3.63) is 24.3 Å². The second kappa shape index (κ2) is 4.08. The van der Waals surface area contributed by atoms with Gasteiger partial charge in [0.2, 0.25) is 0 Å². The minimum absolute atomic E-state index is 0.195. The van der Waals surface area contributed by atoms with E-state index in [1.807, 2.05) is 24.3 Å². The quantitative estimate of drug-likeness (QED) is 0.726. The number of aliphatic hydroxyl groups is 1. The van der Waals surface area contributed by atoms with Gasteiger partial charge in [-0.15, -0.1) is 0 Å². The van der Waals surface area contributed by atoms with Gasteiger partial charge in [-0.1, -0.05) is 23.9 Å². The first kappa shape index (κ1) is 10.1. The van der Waals surface area contributed by atoms with E-state index >= 15 is 0 Å². The van der Waals surface area contributed by atoms with E-state index in [9.17, 15) is 5.11 Å². The van der Waals surface area contributed by atoms with Crippen LogP contribution in [0.15, 0.2) is 29.4 Å². The van der Waals surface area contributed by atoms with E-state index in [2.05, 4.69) is 15.3 Å². The van der Waals surface area contributed by atoms with Gasteiger partial charge < -0.3 is 15.4 Å². The Morgan fingerprint density at radius 3 is 2.94 bits per heavy atom. The Kier molecular flexibility index (Phi) is 2.59. The van der Waals surface area contributed by atoms with Crippen LogP contribution in [0.2, 0.25) is 0 Å². The standard InChI is InChI=1S/C11H13N3OS/c15-9-5-12-6-10(9)16-11-13-7-3-1-2-4-8(7)14-11/h1-4,9-10,12,15H,5-6H2,(H,13,14)/t9-,10-/m1/s1. The van der Waals surface area contributed by atoms with E-state index in [1.54, 1.807) is 11.8 Å². The summed E-state index contributed by atoms with van der Waals surface area (Å²) in [4.78, 5) is 7.74. The number of aromatic amines is 1. The van der Waals surface area contributed by atoms with Crippen LogP contribution in [0.4, 0.5) is 0 Å². The zero-order valence-electron chi connectivity index (χ0n) is 8.68. The molecule has 1 aromatic carbocycles. The number of para-hydroxylation sites is 2. The highest BCUT2D eigenvalue weighted by atomic mass is 32.2. The van der Waals surface area contributed by atoms with Gasteiger partial charge in [0.1, 0.15) is 0 Å². The lowest BCUT2D eigenvalue weighted by atomic mass is 10.3. The number of aromatic nitrogens is 2. The molecule has 2 heterocycles. The Balaban J connectivity index is 1.83. The van der Waals surface area contributed by atoms with Crippen LogP contribution in [0.1, 0.15) is 0 Å². The molecule has 1 aliphatic rings. The van der Waals surface area contributed by atoms with Crippen molar-refractivity contribution < 1.29 is 5.11 Å². The molecule has 0 unspecified atom stereocenters. The van der Waals surface area contributed by atoms with Gasteiger partial charge in [-0.25, -0.2) is 4.98 Å². The van der Waals surface area contributed by atoms with Gasteiger partial charge in [-0.05, 0) is 12.1 Å². The molecule has 1 saturated heterocycles. The van der Waals surface area contributed by atoms with Crippen molar-refractivity contribution in [2.24, 2.45) is 0 Å². The van der Waals surface area contributed by atoms with Crippen LogP contribution in [0, 0.1) is 0 Å². The van der Waals surface area contributed by atoms with Crippen molar-refractivity contribution in [1.29, 1.82) is 0 Å². The predicted molar refractivity (Wildman–Crippen MR) is 64.6 cm³/mol. The number of nitrogens with one attached hydrogen (secondary N) is 2. The number of hydrogen-bond donors (Lipinski definition) is 3. The summed E-state index contributed by atoms with van der Waals surface area (Å²) in [6.07, 6.45) is -0.279. The second-order valence-electron chi connectivity index (χ2n) is 3.94. The smallest absolute Gasteiger partial charge is 0.166 e. The third kappa shape index (κ3) is 1.81. The van der Waals surface area contributed by atoms with Gasteiger partial charge in [0.15, 0.2) is 5.16 Å². The van der Waals surface area contributed by atoms with Crippen molar-refractivity contribution >= 4 is 22.8 Å². The fourth-order valence-corrected chi connectivity index (χ4v) is 2.95. The maximum atomic E-state index is 9.70.